The monoisotopic (exact) mass is 409 g/mol. The van der Waals surface area contributed by atoms with Gasteiger partial charge < -0.3 is 9.80 Å². The maximum atomic E-state index is 12.6. The molecule has 0 bridgehead atoms. The van der Waals surface area contributed by atoms with Gasteiger partial charge in [-0.05, 0) is 23.8 Å². The first-order chi connectivity index (χ1) is 11.4. The van der Waals surface area contributed by atoms with Crippen molar-refractivity contribution in [2.45, 2.75) is 6.54 Å². The summed E-state index contributed by atoms with van der Waals surface area (Å²) < 4.78 is 27.7. The lowest BCUT2D eigenvalue weighted by Crippen LogP contribution is -2.38. The molecule has 1 aromatic carbocycles. The van der Waals surface area contributed by atoms with E-state index in [2.05, 4.69) is 20.3 Å². The minimum absolute atomic E-state index is 0.0465. The molecular formula is C16H16BrN3O3S. The lowest BCUT2D eigenvalue weighted by atomic mass is 10.1. The van der Waals surface area contributed by atoms with Crippen molar-refractivity contribution in [2.75, 3.05) is 19.3 Å². The number of carbonyl (C=O) groups is 1. The number of amidine groups is 1. The van der Waals surface area contributed by atoms with Crippen LogP contribution in [0.5, 0.6) is 0 Å². The van der Waals surface area contributed by atoms with Gasteiger partial charge in [-0.15, -0.1) is 4.40 Å². The molecule has 0 aliphatic carbocycles. The summed E-state index contributed by atoms with van der Waals surface area (Å²) in [7, 11) is -1.65. The fourth-order valence-electron chi connectivity index (χ4n) is 2.50. The number of halogens is 1. The number of fused-ring (bicyclic) bond motifs is 1. The van der Waals surface area contributed by atoms with Crippen molar-refractivity contribution in [1.29, 1.82) is 0 Å². The highest BCUT2D eigenvalue weighted by atomic mass is 79.9. The number of carbonyl (C=O) groups excluding carboxylic acids is 1. The summed E-state index contributed by atoms with van der Waals surface area (Å²) in [5.41, 5.74) is 1.52. The van der Waals surface area contributed by atoms with Gasteiger partial charge in [0.2, 0.25) is 0 Å². The van der Waals surface area contributed by atoms with Gasteiger partial charge in [-0.3, -0.25) is 4.79 Å². The molecule has 0 radical (unpaired) electrons. The van der Waals surface area contributed by atoms with Gasteiger partial charge in [0.15, 0.2) is 0 Å². The van der Waals surface area contributed by atoms with Crippen molar-refractivity contribution >= 4 is 37.7 Å². The summed E-state index contributed by atoms with van der Waals surface area (Å²) in [6.45, 7) is 0.775. The number of benzene rings is 1. The number of hydrogen-bond donors (Lipinski definition) is 0. The number of nitrogens with zero attached hydrogens (tertiary/aromatic N) is 3. The Bertz CT molecular complexity index is 874. The summed E-state index contributed by atoms with van der Waals surface area (Å²) >= 11 is 3.48. The molecule has 0 unspecified atom stereocenters. The molecule has 126 valence electrons. The molecule has 2 heterocycles. The molecule has 2 aliphatic rings. The minimum Gasteiger partial charge on any atom is -0.337 e. The predicted octanol–water partition coefficient (Wildman–Crippen LogP) is 1.91. The van der Waals surface area contributed by atoms with Crippen molar-refractivity contribution < 1.29 is 13.2 Å². The zero-order valence-electron chi connectivity index (χ0n) is 13.0. The van der Waals surface area contributed by atoms with Crippen LogP contribution < -0.4 is 0 Å². The first kappa shape index (κ1) is 16.9. The maximum Gasteiger partial charge on any atom is 0.256 e. The standard InChI is InChI=1S/C16H16BrN3O3S/c1-19(10-12-4-2-3-5-14(12)17)16(21)13-6-7-15-18-24(22,23)9-8-20(15)11-13/h2-7,11H,8-10H2,1H3. The highest BCUT2D eigenvalue weighted by Gasteiger charge is 2.25. The van der Waals surface area contributed by atoms with Crippen LogP contribution in [0.2, 0.25) is 0 Å². The second kappa shape index (κ2) is 6.52. The molecule has 24 heavy (non-hydrogen) atoms. The van der Waals surface area contributed by atoms with E-state index in [1.165, 1.54) is 0 Å². The Labute approximate surface area is 149 Å². The van der Waals surface area contributed by atoms with Crippen molar-refractivity contribution in [3.63, 3.8) is 0 Å². The third-order valence-corrected chi connectivity index (χ3v) is 5.72. The number of rotatable bonds is 3. The third kappa shape index (κ3) is 3.59. The number of amides is 1. The Morgan fingerprint density at radius 3 is 2.83 bits per heavy atom. The van der Waals surface area contributed by atoms with Gasteiger partial charge >= 0.3 is 0 Å². The van der Waals surface area contributed by atoms with Crippen LogP contribution >= 0.6 is 15.9 Å². The van der Waals surface area contributed by atoms with E-state index in [1.807, 2.05) is 24.3 Å². The molecule has 1 aromatic rings. The highest BCUT2D eigenvalue weighted by Crippen LogP contribution is 2.20. The number of hydrogen-bond acceptors (Lipinski definition) is 4. The quantitative estimate of drug-likeness (QED) is 0.764. The molecule has 2 aliphatic heterocycles. The Morgan fingerprint density at radius 2 is 2.08 bits per heavy atom. The first-order valence-electron chi connectivity index (χ1n) is 7.34. The molecular weight excluding hydrogens is 394 g/mol. The normalized spacial score (nSPS) is 18.5. The zero-order chi connectivity index (χ0) is 17.3. The van der Waals surface area contributed by atoms with Gasteiger partial charge in [0.1, 0.15) is 5.84 Å². The summed E-state index contributed by atoms with van der Waals surface area (Å²) in [5, 5.41) is 0. The minimum atomic E-state index is -3.39. The Kier molecular flexibility index (Phi) is 4.60. The number of sulfonamides is 1. The average Bonchev–Trinajstić information content (AvgIpc) is 2.55. The largest absolute Gasteiger partial charge is 0.337 e. The smallest absolute Gasteiger partial charge is 0.256 e. The third-order valence-electron chi connectivity index (χ3n) is 3.78. The fraction of sp³-hybridized carbons (Fsp3) is 0.250. The van der Waals surface area contributed by atoms with E-state index < -0.39 is 10.0 Å². The SMILES string of the molecule is CN(Cc1ccccc1Br)C(=O)C1=CN2CCS(=O)(=O)N=C2C=C1. The van der Waals surface area contributed by atoms with Gasteiger partial charge in [0.25, 0.3) is 15.9 Å². The predicted molar refractivity (Wildman–Crippen MR) is 95.8 cm³/mol. The first-order valence-corrected chi connectivity index (χ1v) is 9.74. The lowest BCUT2D eigenvalue weighted by molar-refractivity contribution is -0.126. The van der Waals surface area contributed by atoms with Crippen LogP contribution in [0, 0.1) is 0 Å². The van der Waals surface area contributed by atoms with Crippen molar-refractivity contribution in [3.8, 4) is 0 Å². The van der Waals surface area contributed by atoms with Gasteiger partial charge in [-0.1, -0.05) is 34.1 Å². The van der Waals surface area contributed by atoms with Crippen LogP contribution in [0.15, 0.2) is 57.1 Å². The van der Waals surface area contributed by atoms with E-state index in [-0.39, 0.29) is 11.7 Å². The molecule has 8 heteroatoms. The molecule has 0 spiro atoms. The van der Waals surface area contributed by atoms with E-state index >= 15 is 0 Å². The molecule has 1 amide bonds. The van der Waals surface area contributed by atoms with Gasteiger partial charge in [-0.25, -0.2) is 8.42 Å². The van der Waals surface area contributed by atoms with Crippen molar-refractivity contribution in [2.24, 2.45) is 4.40 Å². The molecule has 0 saturated heterocycles. The van der Waals surface area contributed by atoms with Gasteiger partial charge in [-0.2, -0.15) is 0 Å². The summed E-state index contributed by atoms with van der Waals surface area (Å²) in [6.07, 6.45) is 4.83. The van der Waals surface area contributed by atoms with Crippen molar-refractivity contribution in [3.05, 3.63) is 58.2 Å². The van der Waals surface area contributed by atoms with Crippen LogP contribution in [0.1, 0.15) is 5.56 Å². The van der Waals surface area contributed by atoms with Crippen LogP contribution in [0.25, 0.3) is 0 Å². The topological polar surface area (TPSA) is 70.1 Å². The summed E-state index contributed by atoms with van der Waals surface area (Å²) in [4.78, 5) is 15.9. The fourth-order valence-corrected chi connectivity index (χ4v) is 3.88. The van der Waals surface area contributed by atoms with Crippen LogP contribution in [0.4, 0.5) is 0 Å². The molecule has 0 atom stereocenters. The van der Waals surface area contributed by atoms with Gasteiger partial charge in [0, 0.05) is 30.8 Å². The van der Waals surface area contributed by atoms with E-state index in [1.54, 1.807) is 35.2 Å². The molecule has 0 aromatic heterocycles. The lowest BCUT2D eigenvalue weighted by Gasteiger charge is -2.28. The molecule has 0 saturated carbocycles. The molecule has 0 fully saturated rings. The molecule has 3 rings (SSSR count). The van der Waals surface area contributed by atoms with Crippen LogP contribution in [-0.4, -0.2) is 49.3 Å². The average molecular weight is 410 g/mol. The van der Waals surface area contributed by atoms with E-state index in [9.17, 15) is 13.2 Å². The van der Waals surface area contributed by atoms with Crippen LogP contribution in [0.3, 0.4) is 0 Å². The van der Waals surface area contributed by atoms with Crippen molar-refractivity contribution in [1.82, 2.24) is 9.80 Å². The summed E-state index contributed by atoms with van der Waals surface area (Å²) in [6, 6.07) is 7.74. The molecule has 0 N–H and O–H groups in total. The second-order valence-corrected chi connectivity index (χ2v) is 8.21. The Morgan fingerprint density at radius 1 is 1.33 bits per heavy atom. The zero-order valence-corrected chi connectivity index (χ0v) is 15.4. The van der Waals surface area contributed by atoms with E-state index in [0.717, 1.165) is 10.0 Å². The molecule has 6 nitrogen and oxygen atoms in total. The van der Waals surface area contributed by atoms with Gasteiger partial charge in [0.05, 0.1) is 11.3 Å². The van der Waals surface area contributed by atoms with E-state index in [0.29, 0.717) is 24.5 Å². The summed E-state index contributed by atoms with van der Waals surface area (Å²) in [5.74, 6) is 0.176. The maximum absolute atomic E-state index is 12.6. The highest BCUT2D eigenvalue weighted by molar-refractivity contribution is 9.10. The number of likely N-dealkylation sites (N-methyl/N-ethyl adjacent to an activating group) is 1. The Hall–Kier alpha value is -1.93. The Balaban J connectivity index is 1.76. The van der Waals surface area contributed by atoms with Crippen LogP contribution in [-0.2, 0) is 21.4 Å². The van der Waals surface area contributed by atoms with E-state index in [4.69, 9.17) is 0 Å². The second-order valence-electron chi connectivity index (χ2n) is 5.60.